The first-order valence-electron chi connectivity index (χ1n) is 7.27. The summed E-state index contributed by atoms with van der Waals surface area (Å²) in [4.78, 5) is 28.6. The fourth-order valence-electron chi connectivity index (χ4n) is 2.27. The molecule has 0 aliphatic rings. The minimum absolute atomic E-state index is 0.0596. The van der Waals surface area contributed by atoms with Crippen molar-refractivity contribution in [1.82, 2.24) is 14.1 Å². The first-order chi connectivity index (χ1) is 11.9. The van der Waals surface area contributed by atoms with Crippen LogP contribution in [0.1, 0.15) is 5.01 Å². The number of nitrogens with zero attached hydrogens (tertiary/aromatic N) is 3. The van der Waals surface area contributed by atoms with Crippen LogP contribution in [-0.2, 0) is 20.7 Å². The lowest BCUT2D eigenvalue weighted by Crippen LogP contribution is -2.39. The second kappa shape index (κ2) is 6.52. The lowest BCUT2D eigenvalue weighted by molar-refractivity contribution is 0.305. The normalized spacial score (nSPS) is 10.8. The zero-order valence-electron chi connectivity index (χ0n) is 13.5. The monoisotopic (exact) mass is 362 g/mol. The summed E-state index contributed by atoms with van der Waals surface area (Å²) in [6, 6.07) is 5.64. The van der Waals surface area contributed by atoms with Gasteiger partial charge < -0.3 is 10.5 Å². The van der Waals surface area contributed by atoms with E-state index in [0.717, 1.165) is 4.57 Å². The van der Waals surface area contributed by atoms with Crippen LogP contribution >= 0.6 is 11.3 Å². The molecular weight excluding hydrogens is 347 g/mol. The molecule has 0 aliphatic heterocycles. The second-order valence-electron chi connectivity index (χ2n) is 5.34. The van der Waals surface area contributed by atoms with Crippen LogP contribution in [0.4, 0.5) is 10.2 Å². The van der Waals surface area contributed by atoms with Gasteiger partial charge in [-0.15, -0.1) is 11.3 Å². The van der Waals surface area contributed by atoms with E-state index in [1.807, 2.05) is 0 Å². The Morgan fingerprint density at radius 3 is 2.56 bits per heavy atom. The zero-order chi connectivity index (χ0) is 18.1. The van der Waals surface area contributed by atoms with Gasteiger partial charge in [-0.3, -0.25) is 13.9 Å². The molecule has 2 heterocycles. The van der Waals surface area contributed by atoms with Crippen LogP contribution < -0.4 is 21.7 Å². The molecule has 3 rings (SSSR count). The Kier molecular flexibility index (Phi) is 4.41. The van der Waals surface area contributed by atoms with E-state index in [9.17, 15) is 14.0 Å². The molecule has 0 unspecified atom stereocenters. The summed E-state index contributed by atoms with van der Waals surface area (Å²) in [5.74, 6) is 0.227. The number of halogens is 1. The van der Waals surface area contributed by atoms with Gasteiger partial charge in [-0.2, -0.15) is 0 Å². The van der Waals surface area contributed by atoms with Gasteiger partial charge in [0, 0.05) is 19.5 Å². The van der Waals surface area contributed by atoms with Gasteiger partial charge in [-0.1, -0.05) is 0 Å². The van der Waals surface area contributed by atoms with Crippen LogP contribution in [0.2, 0.25) is 0 Å². The van der Waals surface area contributed by atoms with Crippen molar-refractivity contribution in [3.05, 3.63) is 61.3 Å². The third-order valence-electron chi connectivity index (χ3n) is 3.69. The molecule has 1 aromatic carbocycles. The molecule has 0 saturated heterocycles. The van der Waals surface area contributed by atoms with Crippen LogP contribution in [0.25, 0.3) is 11.3 Å². The van der Waals surface area contributed by atoms with Gasteiger partial charge in [0.2, 0.25) is 0 Å². The maximum Gasteiger partial charge on any atom is 0.332 e. The molecule has 2 N–H and O–H groups in total. The van der Waals surface area contributed by atoms with E-state index in [-0.39, 0.29) is 23.8 Å². The van der Waals surface area contributed by atoms with Gasteiger partial charge in [-0.05, 0) is 24.3 Å². The summed E-state index contributed by atoms with van der Waals surface area (Å²) in [5.41, 5.74) is 5.48. The fraction of sp³-hybridized carbons (Fsp3) is 0.188. The van der Waals surface area contributed by atoms with Crippen LogP contribution in [0.5, 0.6) is 5.75 Å². The number of rotatable bonds is 4. The van der Waals surface area contributed by atoms with Crippen molar-refractivity contribution >= 4 is 17.2 Å². The predicted molar refractivity (Wildman–Crippen MR) is 93.2 cm³/mol. The van der Waals surface area contributed by atoms with Crippen molar-refractivity contribution in [2.24, 2.45) is 14.1 Å². The average molecular weight is 362 g/mol. The highest BCUT2D eigenvalue weighted by molar-refractivity contribution is 7.09. The van der Waals surface area contributed by atoms with E-state index in [1.54, 1.807) is 5.38 Å². The molecule has 0 saturated carbocycles. The van der Waals surface area contributed by atoms with Gasteiger partial charge in [0.25, 0.3) is 5.56 Å². The summed E-state index contributed by atoms with van der Waals surface area (Å²) < 4.78 is 20.6. The zero-order valence-corrected chi connectivity index (χ0v) is 14.3. The third kappa shape index (κ3) is 3.18. The number of anilines is 1. The highest BCUT2D eigenvalue weighted by atomic mass is 32.1. The Balaban J connectivity index is 1.88. The van der Waals surface area contributed by atoms with E-state index in [0.29, 0.717) is 16.5 Å². The maximum absolute atomic E-state index is 12.9. The largest absolute Gasteiger partial charge is 0.486 e. The Bertz CT molecular complexity index is 1040. The number of thiazole rings is 1. The minimum Gasteiger partial charge on any atom is -0.486 e. The molecular formula is C16H15FN4O3S. The topological polar surface area (TPSA) is 92.1 Å². The third-order valence-corrected chi connectivity index (χ3v) is 4.52. The highest BCUT2D eigenvalue weighted by Gasteiger charge is 2.17. The van der Waals surface area contributed by atoms with Gasteiger partial charge in [-0.25, -0.2) is 14.2 Å². The Morgan fingerprint density at radius 2 is 1.88 bits per heavy atom. The van der Waals surface area contributed by atoms with Gasteiger partial charge >= 0.3 is 5.69 Å². The smallest absolute Gasteiger partial charge is 0.332 e. The minimum atomic E-state index is -0.503. The standard InChI is InChI=1S/C16H15FN4O3S/c1-20-14(18)13(15(22)21(2)16(20)23)11-8-25-12(19-11)7-24-10-5-3-9(17)4-6-10/h3-6,8H,7,18H2,1-2H3. The van der Waals surface area contributed by atoms with Crippen LogP contribution in [-0.4, -0.2) is 14.1 Å². The molecule has 130 valence electrons. The number of hydrogen-bond acceptors (Lipinski definition) is 6. The van der Waals surface area contributed by atoms with Crippen LogP contribution in [0.15, 0.2) is 39.2 Å². The first kappa shape index (κ1) is 16.9. The molecule has 0 aliphatic carbocycles. The number of hydrogen-bond donors (Lipinski definition) is 1. The Morgan fingerprint density at radius 1 is 1.20 bits per heavy atom. The lowest BCUT2D eigenvalue weighted by Gasteiger charge is -2.09. The maximum atomic E-state index is 12.9. The van der Waals surface area contributed by atoms with Gasteiger partial charge in [0.05, 0.1) is 5.69 Å². The molecule has 3 aromatic rings. The van der Waals surface area contributed by atoms with Crippen molar-refractivity contribution < 1.29 is 9.13 Å². The molecule has 7 nitrogen and oxygen atoms in total. The summed E-state index contributed by atoms with van der Waals surface area (Å²) >= 11 is 1.30. The number of aromatic nitrogens is 3. The van der Waals surface area contributed by atoms with Crippen molar-refractivity contribution in [1.29, 1.82) is 0 Å². The van der Waals surface area contributed by atoms with E-state index in [4.69, 9.17) is 10.5 Å². The predicted octanol–water partition coefficient (Wildman–Crippen LogP) is 1.51. The van der Waals surface area contributed by atoms with Gasteiger partial charge in [0.15, 0.2) is 0 Å². The van der Waals surface area contributed by atoms with Gasteiger partial charge in [0.1, 0.15) is 34.6 Å². The molecule has 9 heteroatoms. The van der Waals surface area contributed by atoms with Crippen molar-refractivity contribution in [3.8, 4) is 17.0 Å². The molecule has 25 heavy (non-hydrogen) atoms. The quantitative estimate of drug-likeness (QED) is 0.759. The average Bonchev–Trinajstić information content (AvgIpc) is 3.06. The van der Waals surface area contributed by atoms with Crippen LogP contribution in [0.3, 0.4) is 0 Å². The SMILES string of the molecule is Cn1c(N)c(-c2csc(COc3ccc(F)cc3)n2)c(=O)n(C)c1=O. The highest BCUT2D eigenvalue weighted by Crippen LogP contribution is 2.24. The van der Waals surface area contributed by atoms with Crippen molar-refractivity contribution in [2.45, 2.75) is 6.61 Å². The van der Waals surface area contributed by atoms with Crippen LogP contribution in [0, 0.1) is 5.82 Å². The van der Waals surface area contributed by atoms with E-state index in [2.05, 4.69) is 4.98 Å². The van der Waals surface area contributed by atoms with E-state index < -0.39 is 11.2 Å². The van der Waals surface area contributed by atoms with E-state index in [1.165, 1.54) is 54.3 Å². The molecule has 0 spiro atoms. The van der Waals surface area contributed by atoms with E-state index >= 15 is 0 Å². The first-order valence-corrected chi connectivity index (χ1v) is 8.15. The molecule has 2 aromatic heterocycles. The lowest BCUT2D eigenvalue weighted by atomic mass is 10.2. The molecule has 0 fully saturated rings. The number of nitrogens with two attached hydrogens (primary N) is 1. The second-order valence-corrected chi connectivity index (χ2v) is 6.28. The molecule has 0 bridgehead atoms. The molecule has 0 radical (unpaired) electrons. The van der Waals surface area contributed by atoms with Crippen molar-refractivity contribution in [2.75, 3.05) is 5.73 Å². The Labute approximate surface area is 145 Å². The summed E-state index contributed by atoms with van der Waals surface area (Å²) in [6.07, 6.45) is 0. The summed E-state index contributed by atoms with van der Waals surface area (Å²) in [7, 11) is 2.88. The number of benzene rings is 1. The molecule has 0 atom stereocenters. The fourth-order valence-corrected chi connectivity index (χ4v) is 2.96. The number of ether oxygens (including phenoxy) is 1. The summed E-state index contributed by atoms with van der Waals surface area (Å²) in [5, 5.41) is 2.30. The Hall–Kier alpha value is -2.94. The molecule has 0 amide bonds. The number of nitrogen functional groups attached to an aromatic ring is 1. The summed E-state index contributed by atoms with van der Waals surface area (Å²) in [6.45, 7) is 0.169. The van der Waals surface area contributed by atoms with Crippen molar-refractivity contribution in [3.63, 3.8) is 0 Å².